The van der Waals surface area contributed by atoms with E-state index < -0.39 is 0 Å². The Morgan fingerprint density at radius 2 is 2.12 bits per heavy atom. The van der Waals surface area contributed by atoms with E-state index in [-0.39, 0.29) is 0 Å². The highest BCUT2D eigenvalue weighted by molar-refractivity contribution is 5.57. The Balaban J connectivity index is 2.00. The molecule has 1 heterocycles. The molecule has 1 aliphatic rings. The number of hydrogen-bond donors (Lipinski definition) is 0. The lowest BCUT2D eigenvalue weighted by atomic mass is 10.1. The van der Waals surface area contributed by atoms with Gasteiger partial charge in [-0.15, -0.1) is 0 Å². The van der Waals surface area contributed by atoms with E-state index in [4.69, 9.17) is 4.52 Å². The van der Waals surface area contributed by atoms with Gasteiger partial charge in [0, 0.05) is 12.0 Å². The van der Waals surface area contributed by atoms with Gasteiger partial charge in [-0.2, -0.15) is 4.98 Å². The Labute approximate surface area is 94.5 Å². The summed E-state index contributed by atoms with van der Waals surface area (Å²) in [5, 5.41) is 4.00. The second kappa shape index (κ2) is 3.74. The summed E-state index contributed by atoms with van der Waals surface area (Å²) in [6.45, 7) is 2.01. The molecule has 0 spiro atoms. The van der Waals surface area contributed by atoms with Gasteiger partial charge in [0.2, 0.25) is 11.7 Å². The maximum Gasteiger partial charge on any atom is 0.226 e. The molecule has 0 fully saturated rings. The van der Waals surface area contributed by atoms with Crippen LogP contribution in [0.15, 0.2) is 22.7 Å². The highest BCUT2D eigenvalue weighted by Gasteiger charge is 2.13. The summed E-state index contributed by atoms with van der Waals surface area (Å²) >= 11 is 0. The third-order valence-electron chi connectivity index (χ3n) is 3.13. The first kappa shape index (κ1) is 9.58. The van der Waals surface area contributed by atoms with Crippen LogP contribution < -0.4 is 0 Å². The van der Waals surface area contributed by atoms with E-state index in [9.17, 15) is 0 Å². The van der Waals surface area contributed by atoms with Crippen LogP contribution in [-0.4, -0.2) is 10.1 Å². The van der Waals surface area contributed by atoms with Gasteiger partial charge in [-0.1, -0.05) is 24.2 Å². The SMILES string of the molecule is CCc1nc(-c2ccc3c(c2)CCC3)no1. The van der Waals surface area contributed by atoms with Crippen LogP contribution in [0.4, 0.5) is 0 Å². The number of fused-ring (bicyclic) bond motifs is 1. The van der Waals surface area contributed by atoms with Gasteiger partial charge >= 0.3 is 0 Å². The minimum atomic E-state index is 0.704. The molecule has 0 saturated heterocycles. The van der Waals surface area contributed by atoms with Crippen LogP contribution in [0.2, 0.25) is 0 Å². The van der Waals surface area contributed by atoms with Crippen LogP contribution in [-0.2, 0) is 19.3 Å². The molecule has 3 heteroatoms. The number of rotatable bonds is 2. The summed E-state index contributed by atoms with van der Waals surface area (Å²) in [6.07, 6.45) is 4.45. The zero-order valence-corrected chi connectivity index (χ0v) is 9.36. The molecule has 3 rings (SSSR count). The molecular weight excluding hydrogens is 200 g/mol. The first-order valence-electron chi connectivity index (χ1n) is 5.81. The first-order chi connectivity index (χ1) is 7.86. The van der Waals surface area contributed by atoms with Crippen LogP contribution in [0, 0.1) is 0 Å². The molecular formula is C13H14N2O. The van der Waals surface area contributed by atoms with Gasteiger partial charge in [-0.3, -0.25) is 0 Å². The van der Waals surface area contributed by atoms with Crippen LogP contribution in [0.25, 0.3) is 11.4 Å². The molecule has 0 amide bonds. The summed E-state index contributed by atoms with van der Waals surface area (Å²) in [5.41, 5.74) is 3.99. The molecule has 1 aliphatic carbocycles. The molecule has 3 nitrogen and oxygen atoms in total. The van der Waals surface area contributed by atoms with Crippen molar-refractivity contribution < 1.29 is 4.52 Å². The standard InChI is InChI=1S/C13H14N2O/c1-2-12-14-13(15-16-12)11-7-6-9-4-3-5-10(9)8-11/h6-8H,2-5H2,1H3. The predicted molar refractivity (Wildman–Crippen MR) is 61.1 cm³/mol. The Hall–Kier alpha value is -1.64. The normalized spacial score (nSPS) is 14.1. The Morgan fingerprint density at radius 3 is 2.94 bits per heavy atom. The number of aromatic nitrogens is 2. The van der Waals surface area contributed by atoms with Crippen molar-refractivity contribution in [2.24, 2.45) is 0 Å². The Kier molecular flexibility index (Phi) is 2.24. The molecule has 1 aromatic heterocycles. The largest absolute Gasteiger partial charge is 0.339 e. The van der Waals surface area contributed by atoms with E-state index >= 15 is 0 Å². The topological polar surface area (TPSA) is 38.9 Å². The van der Waals surface area contributed by atoms with Crippen LogP contribution in [0.1, 0.15) is 30.4 Å². The van der Waals surface area contributed by atoms with Crippen LogP contribution in [0.3, 0.4) is 0 Å². The average Bonchev–Trinajstić information content (AvgIpc) is 2.96. The lowest BCUT2D eigenvalue weighted by Crippen LogP contribution is -1.86. The molecule has 0 bridgehead atoms. The van der Waals surface area contributed by atoms with Crippen LogP contribution >= 0.6 is 0 Å². The van der Waals surface area contributed by atoms with E-state index in [1.165, 1.54) is 30.4 Å². The van der Waals surface area contributed by atoms with Crippen molar-refractivity contribution in [1.82, 2.24) is 10.1 Å². The van der Waals surface area contributed by atoms with Gasteiger partial charge in [0.1, 0.15) is 0 Å². The van der Waals surface area contributed by atoms with Gasteiger partial charge < -0.3 is 4.52 Å². The maximum absolute atomic E-state index is 5.13. The molecule has 0 aliphatic heterocycles. The highest BCUT2D eigenvalue weighted by Crippen LogP contribution is 2.26. The molecule has 0 radical (unpaired) electrons. The fraction of sp³-hybridized carbons (Fsp3) is 0.385. The predicted octanol–water partition coefficient (Wildman–Crippen LogP) is 2.79. The van der Waals surface area contributed by atoms with Crippen molar-refractivity contribution in [3.05, 3.63) is 35.2 Å². The van der Waals surface area contributed by atoms with E-state index in [0.717, 1.165) is 12.0 Å². The quantitative estimate of drug-likeness (QED) is 0.771. The van der Waals surface area contributed by atoms with Crippen molar-refractivity contribution in [3.8, 4) is 11.4 Å². The molecule has 2 aromatic rings. The van der Waals surface area contributed by atoms with Gasteiger partial charge in [-0.25, -0.2) is 0 Å². The third kappa shape index (κ3) is 1.52. The summed E-state index contributed by atoms with van der Waals surface area (Å²) < 4.78 is 5.13. The van der Waals surface area contributed by atoms with Gasteiger partial charge in [0.05, 0.1) is 0 Å². The molecule has 16 heavy (non-hydrogen) atoms. The second-order valence-electron chi connectivity index (χ2n) is 4.20. The van der Waals surface area contributed by atoms with E-state index in [1.54, 1.807) is 0 Å². The summed E-state index contributed by atoms with van der Waals surface area (Å²) in [7, 11) is 0. The first-order valence-corrected chi connectivity index (χ1v) is 5.81. The lowest BCUT2D eigenvalue weighted by Gasteiger charge is -2.00. The highest BCUT2D eigenvalue weighted by atomic mass is 16.5. The summed E-state index contributed by atoms with van der Waals surface area (Å²) in [6, 6.07) is 6.49. The fourth-order valence-corrected chi connectivity index (χ4v) is 2.23. The average molecular weight is 214 g/mol. The summed E-state index contributed by atoms with van der Waals surface area (Å²) in [4.78, 5) is 4.35. The van der Waals surface area contributed by atoms with Gasteiger partial charge in [0.25, 0.3) is 0 Å². The monoisotopic (exact) mass is 214 g/mol. The number of benzene rings is 1. The maximum atomic E-state index is 5.13. The van der Waals surface area contributed by atoms with Crippen molar-refractivity contribution >= 4 is 0 Å². The van der Waals surface area contributed by atoms with E-state index in [1.807, 2.05) is 6.92 Å². The minimum Gasteiger partial charge on any atom is -0.339 e. The van der Waals surface area contributed by atoms with E-state index in [0.29, 0.717) is 11.7 Å². The fourth-order valence-electron chi connectivity index (χ4n) is 2.23. The molecule has 0 N–H and O–H groups in total. The third-order valence-corrected chi connectivity index (χ3v) is 3.13. The molecule has 0 unspecified atom stereocenters. The lowest BCUT2D eigenvalue weighted by molar-refractivity contribution is 0.383. The zero-order chi connectivity index (χ0) is 11.0. The van der Waals surface area contributed by atoms with Crippen molar-refractivity contribution in [2.45, 2.75) is 32.6 Å². The van der Waals surface area contributed by atoms with Crippen LogP contribution in [0.5, 0.6) is 0 Å². The van der Waals surface area contributed by atoms with Gasteiger partial charge in [0.15, 0.2) is 0 Å². The second-order valence-corrected chi connectivity index (χ2v) is 4.20. The molecule has 0 atom stereocenters. The van der Waals surface area contributed by atoms with Gasteiger partial charge in [-0.05, 0) is 36.5 Å². The molecule has 82 valence electrons. The molecule has 1 aromatic carbocycles. The number of hydrogen-bond acceptors (Lipinski definition) is 3. The Bertz CT molecular complexity index is 516. The number of nitrogens with zero attached hydrogens (tertiary/aromatic N) is 2. The molecule has 0 saturated carbocycles. The van der Waals surface area contributed by atoms with Crippen molar-refractivity contribution in [1.29, 1.82) is 0 Å². The van der Waals surface area contributed by atoms with Crippen molar-refractivity contribution in [2.75, 3.05) is 0 Å². The Morgan fingerprint density at radius 1 is 1.25 bits per heavy atom. The summed E-state index contributed by atoms with van der Waals surface area (Å²) in [5.74, 6) is 1.42. The van der Waals surface area contributed by atoms with E-state index in [2.05, 4.69) is 28.3 Å². The smallest absolute Gasteiger partial charge is 0.226 e. The zero-order valence-electron chi connectivity index (χ0n) is 9.36. The number of aryl methyl sites for hydroxylation is 3. The van der Waals surface area contributed by atoms with Crippen molar-refractivity contribution in [3.63, 3.8) is 0 Å². The minimum absolute atomic E-state index is 0.704.